The van der Waals surface area contributed by atoms with E-state index in [1.807, 2.05) is 24.3 Å². The van der Waals surface area contributed by atoms with E-state index in [1.54, 1.807) is 13.8 Å². The highest BCUT2D eigenvalue weighted by atomic mass is 16.5. The number of aromatic nitrogens is 2. The molecule has 1 aromatic heterocycles. The van der Waals surface area contributed by atoms with Gasteiger partial charge in [0.1, 0.15) is 0 Å². The van der Waals surface area contributed by atoms with Crippen molar-refractivity contribution in [2.45, 2.75) is 20.0 Å². The van der Waals surface area contributed by atoms with Gasteiger partial charge in [-0.1, -0.05) is 12.1 Å². The number of nitrogens with one attached hydrogen (secondary N) is 1. The summed E-state index contributed by atoms with van der Waals surface area (Å²) in [4.78, 5) is 18.6. The number of rotatable bonds is 2. The summed E-state index contributed by atoms with van der Waals surface area (Å²) in [5.41, 5.74) is 1.61. The maximum absolute atomic E-state index is 11.5. The number of esters is 1. The largest absolute Gasteiger partial charge is 0.457 e. The van der Waals surface area contributed by atoms with Crippen LogP contribution in [0.3, 0.4) is 0 Å². The minimum Gasteiger partial charge on any atom is -0.457 e. The van der Waals surface area contributed by atoms with Gasteiger partial charge in [0.2, 0.25) is 5.82 Å². The normalized spacial score (nSPS) is 10.9. The molecule has 2 aromatic rings. The number of benzene rings is 1. The van der Waals surface area contributed by atoms with Gasteiger partial charge in [0.15, 0.2) is 0 Å². The van der Waals surface area contributed by atoms with Crippen LogP contribution in [-0.2, 0) is 4.74 Å². The van der Waals surface area contributed by atoms with E-state index in [4.69, 9.17) is 4.74 Å². The van der Waals surface area contributed by atoms with Gasteiger partial charge in [0.05, 0.1) is 17.1 Å². The maximum Gasteiger partial charge on any atom is 0.374 e. The van der Waals surface area contributed by atoms with Crippen LogP contribution in [0.1, 0.15) is 24.5 Å². The molecule has 15 heavy (non-hydrogen) atoms. The highest BCUT2D eigenvalue weighted by Crippen LogP contribution is 2.11. The lowest BCUT2D eigenvalue weighted by molar-refractivity contribution is 0.0365. The molecule has 0 atom stereocenters. The van der Waals surface area contributed by atoms with Crippen LogP contribution < -0.4 is 0 Å². The van der Waals surface area contributed by atoms with Gasteiger partial charge in [0, 0.05) is 0 Å². The Kier molecular flexibility index (Phi) is 2.41. The summed E-state index contributed by atoms with van der Waals surface area (Å²) in [6.07, 6.45) is -0.134. The fourth-order valence-electron chi connectivity index (χ4n) is 1.32. The number of para-hydroxylation sites is 2. The molecular weight excluding hydrogens is 192 g/mol. The van der Waals surface area contributed by atoms with Crippen molar-refractivity contribution in [1.29, 1.82) is 0 Å². The Labute approximate surface area is 87.3 Å². The molecule has 2 rings (SSSR count). The van der Waals surface area contributed by atoms with E-state index < -0.39 is 5.97 Å². The lowest BCUT2D eigenvalue weighted by atomic mass is 10.3. The second kappa shape index (κ2) is 3.73. The Morgan fingerprint density at radius 1 is 1.40 bits per heavy atom. The molecule has 0 amide bonds. The van der Waals surface area contributed by atoms with Crippen molar-refractivity contribution in [3.8, 4) is 0 Å². The van der Waals surface area contributed by atoms with Gasteiger partial charge in [-0.25, -0.2) is 9.78 Å². The van der Waals surface area contributed by atoms with Gasteiger partial charge in [-0.15, -0.1) is 0 Å². The SMILES string of the molecule is CC(C)OC(=O)c1nc2ccccc2[nH]1. The monoisotopic (exact) mass is 204 g/mol. The van der Waals surface area contributed by atoms with E-state index in [-0.39, 0.29) is 11.9 Å². The van der Waals surface area contributed by atoms with Crippen molar-refractivity contribution in [2.75, 3.05) is 0 Å². The lowest BCUT2D eigenvalue weighted by Crippen LogP contribution is -2.12. The summed E-state index contributed by atoms with van der Waals surface area (Å²) < 4.78 is 5.03. The summed E-state index contributed by atoms with van der Waals surface area (Å²) in [7, 11) is 0. The summed E-state index contributed by atoms with van der Waals surface area (Å²) in [6, 6.07) is 7.48. The smallest absolute Gasteiger partial charge is 0.374 e. The van der Waals surface area contributed by atoms with Crippen LogP contribution in [0, 0.1) is 0 Å². The number of fused-ring (bicyclic) bond motifs is 1. The third-order valence-corrected chi connectivity index (χ3v) is 1.93. The molecule has 0 radical (unpaired) electrons. The molecule has 1 aromatic carbocycles. The van der Waals surface area contributed by atoms with Gasteiger partial charge >= 0.3 is 5.97 Å². The predicted octanol–water partition coefficient (Wildman–Crippen LogP) is 2.13. The first-order chi connectivity index (χ1) is 7.16. The van der Waals surface area contributed by atoms with Crippen LogP contribution in [-0.4, -0.2) is 22.0 Å². The molecule has 0 aliphatic heterocycles. The average molecular weight is 204 g/mol. The number of carbonyl (C=O) groups excluding carboxylic acids is 1. The Bertz CT molecular complexity index is 455. The molecule has 78 valence electrons. The van der Waals surface area contributed by atoms with Crippen molar-refractivity contribution < 1.29 is 9.53 Å². The van der Waals surface area contributed by atoms with Crippen molar-refractivity contribution >= 4 is 17.0 Å². The molecule has 0 fully saturated rings. The van der Waals surface area contributed by atoms with Crippen LogP contribution in [0.15, 0.2) is 24.3 Å². The molecule has 0 spiro atoms. The molecule has 4 heteroatoms. The number of nitrogens with zero attached hydrogens (tertiary/aromatic N) is 1. The minimum atomic E-state index is -0.416. The van der Waals surface area contributed by atoms with Crippen molar-refractivity contribution in [1.82, 2.24) is 9.97 Å². The van der Waals surface area contributed by atoms with E-state index in [0.717, 1.165) is 11.0 Å². The minimum absolute atomic E-state index is 0.134. The number of hydrogen-bond donors (Lipinski definition) is 1. The van der Waals surface area contributed by atoms with Gasteiger partial charge in [-0.05, 0) is 26.0 Å². The highest BCUT2D eigenvalue weighted by Gasteiger charge is 2.13. The topological polar surface area (TPSA) is 55.0 Å². The molecule has 0 bridgehead atoms. The molecular formula is C11H12N2O2. The van der Waals surface area contributed by atoms with E-state index in [0.29, 0.717) is 0 Å². The quantitative estimate of drug-likeness (QED) is 0.762. The number of imidazole rings is 1. The van der Waals surface area contributed by atoms with Crippen LogP contribution >= 0.6 is 0 Å². The van der Waals surface area contributed by atoms with Gasteiger partial charge in [-0.3, -0.25) is 0 Å². The zero-order valence-corrected chi connectivity index (χ0v) is 8.65. The zero-order valence-electron chi connectivity index (χ0n) is 8.65. The molecule has 0 aliphatic rings. The fourth-order valence-corrected chi connectivity index (χ4v) is 1.32. The first-order valence-electron chi connectivity index (χ1n) is 4.82. The zero-order chi connectivity index (χ0) is 10.8. The predicted molar refractivity (Wildman–Crippen MR) is 56.6 cm³/mol. The summed E-state index contributed by atoms with van der Waals surface area (Å²) in [6.45, 7) is 3.61. The second-order valence-electron chi connectivity index (χ2n) is 3.56. The highest BCUT2D eigenvalue weighted by molar-refractivity contribution is 5.90. The van der Waals surface area contributed by atoms with Crippen molar-refractivity contribution in [3.05, 3.63) is 30.1 Å². The van der Waals surface area contributed by atoms with E-state index >= 15 is 0 Å². The number of H-pyrrole nitrogens is 1. The maximum atomic E-state index is 11.5. The molecule has 1 heterocycles. The van der Waals surface area contributed by atoms with Crippen LogP contribution in [0.25, 0.3) is 11.0 Å². The van der Waals surface area contributed by atoms with Crippen LogP contribution in [0.4, 0.5) is 0 Å². The average Bonchev–Trinajstić information content (AvgIpc) is 2.59. The Morgan fingerprint density at radius 2 is 2.13 bits per heavy atom. The first-order valence-corrected chi connectivity index (χ1v) is 4.82. The molecule has 0 saturated heterocycles. The third-order valence-electron chi connectivity index (χ3n) is 1.93. The third kappa shape index (κ3) is 1.98. The number of aromatic amines is 1. The Balaban J connectivity index is 2.32. The standard InChI is InChI=1S/C11H12N2O2/c1-7(2)15-11(14)10-12-8-5-3-4-6-9(8)13-10/h3-7H,1-2H3,(H,12,13). The molecule has 4 nitrogen and oxygen atoms in total. The van der Waals surface area contributed by atoms with E-state index in [9.17, 15) is 4.79 Å². The van der Waals surface area contributed by atoms with Crippen LogP contribution in [0.2, 0.25) is 0 Å². The van der Waals surface area contributed by atoms with Crippen LogP contribution in [0.5, 0.6) is 0 Å². The summed E-state index contributed by atoms with van der Waals surface area (Å²) >= 11 is 0. The lowest BCUT2D eigenvalue weighted by Gasteiger charge is -2.04. The summed E-state index contributed by atoms with van der Waals surface area (Å²) in [5.74, 6) is -0.161. The number of ether oxygens (including phenoxy) is 1. The Hall–Kier alpha value is -1.84. The second-order valence-corrected chi connectivity index (χ2v) is 3.56. The first kappa shape index (κ1) is 9.71. The molecule has 1 N–H and O–H groups in total. The molecule has 0 saturated carbocycles. The van der Waals surface area contributed by atoms with Gasteiger partial charge in [-0.2, -0.15) is 0 Å². The fraction of sp³-hybridized carbons (Fsp3) is 0.273. The number of carbonyl (C=O) groups is 1. The van der Waals surface area contributed by atoms with E-state index in [1.165, 1.54) is 0 Å². The number of hydrogen-bond acceptors (Lipinski definition) is 3. The molecule has 0 aliphatic carbocycles. The van der Waals surface area contributed by atoms with Gasteiger partial charge < -0.3 is 9.72 Å². The van der Waals surface area contributed by atoms with Crippen molar-refractivity contribution in [3.63, 3.8) is 0 Å². The van der Waals surface area contributed by atoms with Crippen molar-refractivity contribution in [2.24, 2.45) is 0 Å². The Morgan fingerprint density at radius 3 is 2.80 bits per heavy atom. The van der Waals surface area contributed by atoms with E-state index in [2.05, 4.69) is 9.97 Å². The summed E-state index contributed by atoms with van der Waals surface area (Å²) in [5, 5.41) is 0. The van der Waals surface area contributed by atoms with Gasteiger partial charge in [0.25, 0.3) is 0 Å². The molecule has 0 unspecified atom stereocenters.